The Morgan fingerprint density at radius 2 is 1.95 bits per heavy atom. The van der Waals surface area contributed by atoms with E-state index in [1.54, 1.807) is 0 Å². The quantitative estimate of drug-likeness (QED) is 0.930. The molecule has 0 saturated carbocycles. The molecule has 0 aliphatic carbocycles. The lowest BCUT2D eigenvalue weighted by atomic mass is 10.2. The van der Waals surface area contributed by atoms with Gasteiger partial charge in [-0.1, -0.05) is 12.1 Å². The van der Waals surface area contributed by atoms with E-state index in [9.17, 15) is 18.0 Å². The molecular weight excluding hydrogens is 263 g/mol. The summed E-state index contributed by atoms with van der Waals surface area (Å²) in [5, 5.41) is 2.31. The number of nitrogens with one attached hydrogen (secondary N) is 1. The largest absolute Gasteiger partial charge is 0.573 e. The topological polar surface area (TPSA) is 51.5 Å². The predicted octanol–water partition coefficient (Wildman–Crippen LogP) is 3.43. The zero-order valence-electron chi connectivity index (χ0n) is 9.40. The molecule has 4 nitrogen and oxygen atoms in total. The van der Waals surface area contributed by atoms with E-state index in [2.05, 4.69) is 10.1 Å². The first-order chi connectivity index (χ1) is 8.96. The fourth-order valence-electron chi connectivity index (χ4n) is 1.37. The second kappa shape index (κ2) is 5.05. The molecule has 1 N–H and O–H groups in total. The Hall–Kier alpha value is -2.44. The number of ether oxygens (including phenoxy) is 1. The Morgan fingerprint density at radius 3 is 2.58 bits per heavy atom. The number of furan rings is 1. The molecule has 2 aromatic rings. The van der Waals surface area contributed by atoms with Crippen molar-refractivity contribution in [1.82, 2.24) is 0 Å². The molecule has 2 rings (SSSR count). The van der Waals surface area contributed by atoms with Crippen molar-refractivity contribution in [2.45, 2.75) is 6.36 Å². The highest BCUT2D eigenvalue weighted by Crippen LogP contribution is 2.30. The Bertz CT molecular complexity index is 564. The monoisotopic (exact) mass is 271 g/mol. The fraction of sp³-hybridized carbons (Fsp3) is 0.0833. The minimum absolute atomic E-state index is 0.0778. The number of carbonyl (C=O) groups excluding carboxylic acids is 1. The van der Waals surface area contributed by atoms with E-state index in [4.69, 9.17) is 4.42 Å². The van der Waals surface area contributed by atoms with E-state index in [1.165, 1.54) is 36.8 Å². The van der Waals surface area contributed by atoms with Gasteiger partial charge in [0.15, 0.2) is 5.75 Å². The van der Waals surface area contributed by atoms with Crippen LogP contribution in [0.3, 0.4) is 0 Å². The van der Waals surface area contributed by atoms with Gasteiger partial charge in [-0.3, -0.25) is 4.79 Å². The smallest absolute Gasteiger partial charge is 0.472 e. The third-order valence-electron chi connectivity index (χ3n) is 2.14. The third-order valence-corrected chi connectivity index (χ3v) is 2.14. The minimum atomic E-state index is -4.82. The number of hydrogen-bond donors (Lipinski definition) is 1. The van der Waals surface area contributed by atoms with E-state index < -0.39 is 18.0 Å². The summed E-state index contributed by atoms with van der Waals surface area (Å²) in [6.07, 6.45) is -2.36. The molecule has 0 saturated heterocycles. The fourth-order valence-corrected chi connectivity index (χ4v) is 1.37. The van der Waals surface area contributed by atoms with Gasteiger partial charge in [-0.25, -0.2) is 0 Å². The summed E-state index contributed by atoms with van der Waals surface area (Å²) in [6, 6.07) is 6.66. The number of para-hydroxylation sites is 2. The van der Waals surface area contributed by atoms with Gasteiger partial charge in [-0.2, -0.15) is 0 Å². The zero-order valence-corrected chi connectivity index (χ0v) is 9.40. The molecule has 1 amide bonds. The molecule has 1 aromatic carbocycles. The summed E-state index contributed by atoms with van der Waals surface area (Å²) in [4.78, 5) is 11.7. The molecule has 0 radical (unpaired) electrons. The highest BCUT2D eigenvalue weighted by molar-refractivity contribution is 6.04. The number of hydrogen-bond acceptors (Lipinski definition) is 3. The summed E-state index contributed by atoms with van der Waals surface area (Å²) >= 11 is 0. The van der Waals surface area contributed by atoms with E-state index in [-0.39, 0.29) is 11.3 Å². The average molecular weight is 271 g/mol. The van der Waals surface area contributed by atoms with Crippen molar-refractivity contribution in [1.29, 1.82) is 0 Å². The first-order valence-electron chi connectivity index (χ1n) is 5.14. The number of rotatable bonds is 3. The second-order valence-electron chi connectivity index (χ2n) is 3.51. The molecular formula is C12H8F3NO3. The second-order valence-corrected chi connectivity index (χ2v) is 3.51. The minimum Gasteiger partial charge on any atom is -0.472 e. The van der Waals surface area contributed by atoms with Gasteiger partial charge in [-0.05, 0) is 18.2 Å². The number of alkyl halides is 3. The lowest BCUT2D eigenvalue weighted by molar-refractivity contribution is -0.274. The molecule has 1 aromatic heterocycles. The molecule has 1 heterocycles. The molecule has 0 aliphatic rings. The first kappa shape index (κ1) is 13.0. The van der Waals surface area contributed by atoms with Crippen molar-refractivity contribution in [2.24, 2.45) is 0 Å². The SMILES string of the molecule is O=C(Nc1ccccc1OC(F)(F)F)c1ccoc1. The molecule has 19 heavy (non-hydrogen) atoms. The van der Waals surface area contributed by atoms with Crippen LogP contribution in [-0.2, 0) is 0 Å². The summed E-state index contributed by atoms with van der Waals surface area (Å²) in [7, 11) is 0. The number of benzene rings is 1. The van der Waals surface area contributed by atoms with Crippen molar-refractivity contribution in [2.75, 3.05) is 5.32 Å². The van der Waals surface area contributed by atoms with Crippen LogP contribution in [0.1, 0.15) is 10.4 Å². The van der Waals surface area contributed by atoms with Gasteiger partial charge in [0, 0.05) is 0 Å². The molecule has 7 heteroatoms. The highest BCUT2D eigenvalue weighted by atomic mass is 19.4. The molecule has 0 atom stereocenters. The number of halogens is 3. The summed E-state index contributed by atoms with van der Waals surface area (Å²) < 4.78 is 45.1. The van der Waals surface area contributed by atoms with Crippen LogP contribution < -0.4 is 10.1 Å². The Labute approximate surface area is 105 Å². The van der Waals surface area contributed by atoms with Crippen molar-refractivity contribution < 1.29 is 27.1 Å². The van der Waals surface area contributed by atoms with E-state index in [1.807, 2.05) is 0 Å². The van der Waals surface area contributed by atoms with E-state index in [0.29, 0.717) is 0 Å². The van der Waals surface area contributed by atoms with E-state index in [0.717, 1.165) is 6.07 Å². The van der Waals surface area contributed by atoms with Crippen LogP contribution >= 0.6 is 0 Å². The van der Waals surface area contributed by atoms with Crippen LogP contribution in [0.4, 0.5) is 18.9 Å². The molecule has 100 valence electrons. The third kappa shape index (κ3) is 3.51. The van der Waals surface area contributed by atoms with Crippen LogP contribution in [0.5, 0.6) is 5.75 Å². The van der Waals surface area contributed by atoms with Crippen molar-refractivity contribution in [3.8, 4) is 5.75 Å². The maximum atomic E-state index is 12.2. The van der Waals surface area contributed by atoms with Crippen LogP contribution in [0.15, 0.2) is 47.3 Å². The van der Waals surface area contributed by atoms with Gasteiger partial charge in [0.25, 0.3) is 5.91 Å². The Morgan fingerprint density at radius 1 is 1.21 bits per heavy atom. The lowest BCUT2D eigenvalue weighted by Crippen LogP contribution is -2.19. The maximum Gasteiger partial charge on any atom is 0.573 e. The standard InChI is InChI=1S/C12H8F3NO3/c13-12(14,15)19-10-4-2-1-3-9(10)16-11(17)8-5-6-18-7-8/h1-7H,(H,16,17). The van der Waals surface area contributed by atoms with Crippen LogP contribution in [-0.4, -0.2) is 12.3 Å². The van der Waals surface area contributed by atoms with Crippen molar-refractivity contribution in [3.63, 3.8) is 0 Å². The zero-order chi connectivity index (χ0) is 13.9. The van der Waals surface area contributed by atoms with Gasteiger partial charge in [0.2, 0.25) is 0 Å². The number of amides is 1. The lowest BCUT2D eigenvalue weighted by Gasteiger charge is -2.13. The molecule has 0 spiro atoms. The van der Waals surface area contributed by atoms with Gasteiger partial charge in [-0.15, -0.1) is 13.2 Å². The number of anilines is 1. The van der Waals surface area contributed by atoms with Crippen molar-refractivity contribution >= 4 is 11.6 Å². The molecule has 0 bridgehead atoms. The highest BCUT2D eigenvalue weighted by Gasteiger charge is 2.32. The van der Waals surface area contributed by atoms with Crippen LogP contribution in [0.25, 0.3) is 0 Å². The predicted molar refractivity (Wildman–Crippen MR) is 59.8 cm³/mol. The van der Waals surface area contributed by atoms with Crippen LogP contribution in [0, 0.1) is 0 Å². The molecule has 0 unspecified atom stereocenters. The first-order valence-corrected chi connectivity index (χ1v) is 5.14. The van der Waals surface area contributed by atoms with Crippen molar-refractivity contribution in [3.05, 3.63) is 48.4 Å². The van der Waals surface area contributed by atoms with Gasteiger partial charge < -0.3 is 14.5 Å². The van der Waals surface area contributed by atoms with Gasteiger partial charge in [0.05, 0.1) is 17.5 Å². The average Bonchev–Trinajstić information content (AvgIpc) is 2.83. The van der Waals surface area contributed by atoms with E-state index >= 15 is 0 Å². The molecule has 0 aliphatic heterocycles. The Kier molecular flexibility index (Phi) is 3.46. The summed E-state index contributed by atoms with van der Waals surface area (Å²) in [6.45, 7) is 0. The van der Waals surface area contributed by atoms with Gasteiger partial charge >= 0.3 is 6.36 Å². The van der Waals surface area contributed by atoms with Gasteiger partial charge in [0.1, 0.15) is 6.26 Å². The normalized spacial score (nSPS) is 11.1. The van der Waals surface area contributed by atoms with Crippen LogP contribution in [0.2, 0.25) is 0 Å². The molecule has 0 fully saturated rings. The number of carbonyl (C=O) groups is 1. The Balaban J connectivity index is 2.18. The maximum absolute atomic E-state index is 12.2. The summed E-state index contributed by atoms with van der Waals surface area (Å²) in [5.41, 5.74) is 0.118. The summed E-state index contributed by atoms with van der Waals surface area (Å²) in [5.74, 6) is -1.07.